The Labute approximate surface area is 160 Å². The van der Waals surface area contributed by atoms with Crippen molar-refractivity contribution in [3.63, 3.8) is 0 Å². The minimum atomic E-state index is -0.456. The molecule has 0 aliphatic carbocycles. The van der Waals surface area contributed by atoms with Crippen LogP contribution in [-0.2, 0) is 11.3 Å². The lowest BCUT2D eigenvalue weighted by molar-refractivity contribution is 0.0600. The Morgan fingerprint density at radius 2 is 1.75 bits per heavy atom. The minimum absolute atomic E-state index is 0.119. The van der Waals surface area contributed by atoms with Gasteiger partial charge >= 0.3 is 5.97 Å². The van der Waals surface area contributed by atoms with Gasteiger partial charge in [-0.15, -0.1) is 10.2 Å². The van der Waals surface area contributed by atoms with E-state index in [2.05, 4.69) is 25.6 Å². The zero-order valence-electron chi connectivity index (χ0n) is 15.0. The number of methoxy groups -OCH3 is 1. The highest BCUT2D eigenvalue weighted by atomic mass is 19.1. The van der Waals surface area contributed by atoms with Crippen LogP contribution in [0.4, 0.5) is 15.9 Å². The van der Waals surface area contributed by atoms with E-state index in [1.165, 1.54) is 19.2 Å². The molecule has 0 atom stereocenters. The van der Waals surface area contributed by atoms with E-state index in [4.69, 9.17) is 0 Å². The molecule has 0 aliphatic rings. The van der Waals surface area contributed by atoms with Gasteiger partial charge in [-0.1, -0.05) is 18.2 Å². The summed E-state index contributed by atoms with van der Waals surface area (Å²) in [5.41, 5.74) is 1.50. The number of benzene rings is 2. The lowest BCUT2D eigenvalue weighted by Crippen LogP contribution is -2.15. The predicted molar refractivity (Wildman–Crippen MR) is 101 cm³/mol. The number of nitrogens with one attached hydrogen (secondary N) is 2. The van der Waals surface area contributed by atoms with Crippen molar-refractivity contribution in [2.45, 2.75) is 6.54 Å². The Kier molecular flexibility index (Phi) is 5.91. The van der Waals surface area contributed by atoms with Crippen LogP contribution in [0.25, 0.3) is 0 Å². The number of aromatic nitrogens is 2. The molecule has 0 unspecified atom stereocenters. The number of anilines is 2. The van der Waals surface area contributed by atoms with Crippen molar-refractivity contribution >= 4 is 23.4 Å². The third-order valence-corrected chi connectivity index (χ3v) is 3.88. The number of rotatable bonds is 6. The fourth-order valence-corrected chi connectivity index (χ4v) is 2.38. The molecule has 28 heavy (non-hydrogen) atoms. The summed E-state index contributed by atoms with van der Waals surface area (Å²) >= 11 is 0. The molecule has 0 bridgehead atoms. The molecule has 3 aromatic rings. The summed E-state index contributed by atoms with van der Waals surface area (Å²) in [4.78, 5) is 23.7. The van der Waals surface area contributed by atoms with Gasteiger partial charge in [0.1, 0.15) is 11.6 Å². The van der Waals surface area contributed by atoms with Crippen molar-refractivity contribution in [3.8, 4) is 0 Å². The fourth-order valence-electron chi connectivity index (χ4n) is 2.38. The molecule has 0 fully saturated rings. The topological polar surface area (TPSA) is 93.2 Å². The zero-order chi connectivity index (χ0) is 19.9. The quantitative estimate of drug-likeness (QED) is 0.638. The van der Waals surface area contributed by atoms with Crippen LogP contribution < -0.4 is 10.6 Å². The second kappa shape index (κ2) is 8.72. The smallest absolute Gasteiger partial charge is 0.337 e. The van der Waals surface area contributed by atoms with Crippen LogP contribution in [0.2, 0.25) is 0 Å². The van der Waals surface area contributed by atoms with E-state index in [1.807, 2.05) is 0 Å². The maximum absolute atomic E-state index is 13.6. The molecule has 7 nitrogen and oxygen atoms in total. The highest BCUT2D eigenvalue weighted by Crippen LogP contribution is 2.13. The normalized spacial score (nSPS) is 10.2. The lowest BCUT2D eigenvalue weighted by Gasteiger charge is -2.07. The number of halogens is 1. The Morgan fingerprint density at radius 3 is 2.39 bits per heavy atom. The lowest BCUT2D eigenvalue weighted by atomic mass is 10.2. The number of carbonyl (C=O) groups excluding carboxylic acids is 2. The molecule has 1 amide bonds. The van der Waals surface area contributed by atoms with Crippen molar-refractivity contribution in [2.75, 3.05) is 17.7 Å². The van der Waals surface area contributed by atoms with E-state index in [1.54, 1.807) is 48.5 Å². The van der Waals surface area contributed by atoms with Crippen LogP contribution >= 0.6 is 0 Å². The van der Waals surface area contributed by atoms with Gasteiger partial charge < -0.3 is 15.4 Å². The molecule has 0 saturated carbocycles. The summed E-state index contributed by atoms with van der Waals surface area (Å²) in [6.45, 7) is 0.249. The second-order valence-electron chi connectivity index (χ2n) is 5.77. The van der Waals surface area contributed by atoms with Gasteiger partial charge in [-0.25, -0.2) is 9.18 Å². The SMILES string of the molecule is COC(=O)c1ccc(NC(=O)c2ccc(NCc3ccccc3F)nn2)cc1. The van der Waals surface area contributed by atoms with Crippen molar-refractivity contribution in [2.24, 2.45) is 0 Å². The molecule has 1 aromatic heterocycles. The third-order valence-electron chi connectivity index (χ3n) is 3.88. The molecule has 0 aliphatic heterocycles. The predicted octanol–water partition coefficient (Wildman–Crippen LogP) is 3.27. The third kappa shape index (κ3) is 4.67. The first-order valence-corrected chi connectivity index (χ1v) is 8.37. The summed E-state index contributed by atoms with van der Waals surface area (Å²) in [7, 11) is 1.30. The number of amides is 1. The first-order chi connectivity index (χ1) is 13.6. The molecule has 142 valence electrons. The Balaban J connectivity index is 1.59. The average molecular weight is 380 g/mol. The molecule has 2 N–H and O–H groups in total. The molecule has 8 heteroatoms. The molecule has 3 rings (SSSR count). The standard InChI is InChI=1S/C20H17FN4O3/c1-28-20(27)13-6-8-15(9-7-13)23-19(26)17-10-11-18(25-24-17)22-12-14-4-2-3-5-16(14)21/h2-11H,12H2,1H3,(H,22,25)(H,23,26). The first kappa shape index (κ1) is 19.0. The zero-order valence-corrected chi connectivity index (χ0v) is 15.0. The van der Waals surface area contributed by atoms with Crippen LogP contribution in [0, 0.1) is 5.82 Å². The molecule has 0 spiro atoms. The summed E-state index contributed by atoms with van der Waals surface area (Å²) in [5.74, 6) is -0.791. The Hall–Kier alpha value is -3.81. The number of hydrogen-bond acceptors (Lipinski definition) is 6. The first-order valence-electron chi connectivity index (χ1n) is 8.37. The summed E-state index contributed by atoms with van der Waals surface area (Å²) in [6.07, 6.45) is 0. The number of carbonyl (C=O) groups is 2. The van der Waals surface area contributed by atoms with E-state index in [9.17, 15) is 14.0 Å². The van der Waals surface area contributed by atoms with E-state index in [0.29, 0.717) is 22.6 Å². The van der Waals surface area contributed by atoms with Crippen molar-refractivity contribution < 1.29 is 18.7 Å². The number of esters is 1. The molecular formula is C20H17FN4O3. The Bertz CT molecular complexity index is 976. The average Bonchev–Trinajstić information content (AvgIpc) is 2.73. The largest absolute Gasteiger partial charge is 0.465 e. The van der Waals surface area contributed by atoms with Crippen LogP contribution in [0.3, 0.4) is 0 Å². The van der Waals surface area contributed by atoms with E-state index in [-0.39, 0.29) is 18.1 Å². The minimum Gasteiger partial charge on any atom is -0.465 e. The van der Waals surface area contributed by atoms with Crippen molar-refractivity contribution in [3.05, 3.63) is 83.3 Å². The Morgan fingerprint density at radius 1 is 1.00 bits per heavy atom. The van der Waals surface area contributed by atoms with Crippen molar-refractivity contribution in [1.29, 1.82) is 0 Å². The molecule has 2 aromatic carbocycles. The molecule has 1 heterocycles. The van der Waals surface area contributed by atoms with Gasteiger partial charge in [-0.2, -0.15) is 0 Å². The molecular weight excluding hydrogens is 363 g/mol. The fraction of sp³-hybridized carbons (Fsp3) is 0.100. The number of ether oxygens (including phenoxy) is 1. The second-order valence-corrected chi connectivity index (χ2v) is 5.77. The van der Waals surface area contributed by atoms with E-state index >= 15 is 0 Å². The van der Waals surface area contributed by atoms with Crippen LogP contribution in [0.15, 0.2) is 60.7 Å². The van der Waals surface area contributed by atoms with Crippen LogP contribution in [0.1, 0.15) is 26.4 Å². The maximum atomic E-state index is 13.6. The summed E-state index contributed by atoms with van der Waals surface area (Å²) in [5, 5.41) is 13.4. The van der Waals surface area contributed by atoms with Gasteiger partial charge in [0.25, 0.3) is 5.91 Å². The van der Waals surface area contributed by atoms with Crippen LogP contribution in [-0.4, -0.2) is 29.2 Å². The molecule has 0 radical (unpaired) electrons. The maximum Gasteiger partial charge on any atom is 0.337 e. The van der Waals surface area contributed by atoms with Crippen molar-refractivity contribution in [1.82, 2.24) is 10.2 Å². The van der Waals surface area contributed by atoms with Gasteiger partial charge in [0.05, 0.1) is 12.7 Å². The van der Waals surface area contributed by atoms with Gasteiger partial charge in [-0.3, -0.25) is 4.79 Å². The summed E-state index contributed by atoms with van der Waals surface area (Å²) in [6, 6.07) is 15.8. The highest BCUT2D eigenvalue weighted by molar-refractivity contribution is 6.03. The van der Waals surface area contributed by atoms with E-state index < -0.39 is 11.9 Å². The molecule has 0 saturated heterocycles. The van der Waals surface area contributed by atoms with Gasteiger partial charge in [0.2, 0.25) is 0 Å². The number of nitrogens with zero attached hydrogens (tertiary/aromatic N) is 2. The monoisotopic (exact) mass is 380 g/mol. The highest BCUT2D eigenvalue weighted by Gasteiger charge is 2.10. The van der Waals surface area contributed by atoms with E-state index in [0.717, 1.165) is 0 Å². The summed E-state index contributed by atoms with van der Waals surface area (Å²) < 4.78 is 18.2. The van der Waals surface area contributed by atoms with Crippen LogP contribution in [0.5, 0.6) is 0 Å². The van der Waals surface area contributed by atoms with Gasteiger partial charge in [-0.05, 0) is 42.5 Å². The number of hydrogen-bond donors (Lipinski definition) is 2. The van der Waals surface area contributed by atoms with Gasteiger partial charge in [0, 0.05) is 17.8 Å². The van der Waals surface area contributed by atoms with Gasteiger partial charge in [0.15, 0.2) is 5.69 Å².